The molecule has 2 saturated heterocycles. The van der Waals surface area contributed by atoms with Gasteiger partial charge >= 0.3 is 6.09 Å². The number of likely N-dealkylation sites (tertiary alicyclic amines) is 1. The molecule has 0 bridgehead atoms. The Kier molecular flexibility index (Phi) is 7.84. The average Bonchev–Trinajstić information content (AvgIpc) is 3.54. The Hall–Kier alpha value is -4.37. The van der Waals surface area contributed by atoms with Crippen molar-refractivity contribution in [3.05, 3.63) is 53.7 Å². The van der Waals surface area contributed by atoms with Gasteiger partial charge in [0.2, 0.25) is 5.91 Å². The molecule has 3 fully saturated rings. The monoisotopic (exact) mass is 604 g/mol. The van der Waals surface area contributed by atoms with Crippen LogP contribution in [0.4, 0.5) is 25.1 Å². The SMILES string of the molecule is CC(C)(C)OC(=O)N1CCC2(CC2C(=O)Nc2cc3c(C#Cc4ccc(N5CCOCC5)cn4)cnc(C(F)F)c3cn2)C1. The fourth-order valence-corrected chi connectivity index (χ4v) is 5.86. The summed E-state index contributed by atoms with van der Waals surface area (Å²) in [6, 6.07) is 5.31. The van der Waals surface area contributed by atoms with E-state index in [9.17, 15) is 18.4 Å². The first-order valence-electron chi connectivity index (χ1n) is 14.7. The lowest BCUT2D eigenvalue weighted by Gasteiger charge is -2.28. The third kappa shape index (κ3) is 6.28. The van der Waals surface area contributed by atoms with Gasteiger partial charge in [-0.1, -0.05) is 5.92 Å². The normalized spacial score (nSPS) is 21.4. The minimum atomic E-state index is -2.81. The van der Waals surface area contributed by atoms with Gasteiger partial charge in [0.1, 0.15) is 22.8 Å². The average molecular weight is 605 g/mol. The van der Waals surface area contributed by atoms with Crippen LogP contribution in [0.1, 0.15) is 57.0 Å². The summed E-state index contributed by atoms with van der Waals surface area (Å²) in [6.45, 7) is 9.36. The van der Waals surface area contributed by atoms with Crippen molar-refractivity contribution in [2.45, 2.75) is 45.6 Å². The highest BCUT2D eigenvalue weighted by atomic mass is 19.3. The Bertz CT molecular complexity index is 1640. The van der Waals surface area contributed by atoms with Crippen molar-refractivity contribution in [3.63, 3.8) is 0 Å². The maximum Gasteiger partial charge on any atom is 0.410 e. The second-order valence-corrected chi connectivity index (χ2v) is 12.5. The number of pyridine rings is 3. The summed E-state index contributed by atoms with van der Waals surface area (Å²) >= 11 is 0. The minimum absolute atomic E-state index is 0.159. The quantitative estimate of drug-likeness (QED) is 0.424. The van der Waals surface area contributed by atoms with Crippen molar-refractivity contribution in [1.29, 1.82) is 0 Å². The van der Waals surface area contributed by atoms with Gasteiger partial charge in [0.15, 0.2) is 0 Å². The van der Waals surface area contributed by atoms with Gasteiger partial charge in [0.05, 0.1) is 30.7 Å². The van der Waals surface area contributed by atoms with E-state index in [0.29, 0.717) is 55.8 Å². The van der Waals surface area contributed by atoms with E-state index < -0.39 is 17.7 Å². The predicted molar refractivity (Wildman–Crippen MR) is 159 cm³/mol. The van der Waals surface area contributed by atoms with Crippen LogP contribution in [0, 0.1) is 23.2 Å². The molecule has 10 nitrogen and oxygen atoms in total. The Morgan fingerprint density at radius 2 is 1.86 bits per heavy atom. The van der Waals surface area contributed by atoms with E-state index in [2.05, 4.69) is 37.0 Å². The molecule has 2 unspecified atom stereocenters. The van der Waals surface area contributed by atoms with E-state index >= 15 is 0 Å². The number of carbonyl (C=O) groups is 2. The molecule has 2 atom stereocenters. The molecule has 3 aromatic heterocycles. The number of ether oxygens (including phenoxy) is 2. The number of rotatable bonds is 4. The number of halogens is 2. The maximum atomic E-state index is 13.8. The zero-order chi connectivity index (χ0) is 31.1. The summed E-state index contributed by atoms with van der Waals surface area (Å²) in [5, 5.41) is 3.41. The third-order valence-electron chi connectivity index (χ3n) is 8.25. The molecule has 2 aliphatic heterocycles. The number of carbonyl (C=O) groups excluding carboxylic acids is 2. The summed E-state index contributed by atoms with van der Waals surface area (Å²) in [5.74, 6) is 5.74. The molecule has 230 valence electrons. The highest BCUT2D eigenvalue weighted by Gasteiger charge is 2.61. The van der Waals surface area contributed by atoms with Crippen LogP contribution in [0.5, 0.6) is 0 Å². The molecule has 44 heavy (non-hydrogen) atoms. The lowest BCUT2D eigenvalue weighted by molar-refractivity contribution is -0.118. The molecule has 1 spiro atoms. The zero-order valence-corrected chi connectivity index (χ0v) is 24.9. The number of anilines is 2. The molecule has 6 rings (SSSR count). The van der Waals surface area contributed by atoms with E-state index in [0.717, 1.165) is 18.8 Å². The van der Waals surface area contributed by atoms with Gasteiger partial charge in [-0.3, -0.25) is 9.78 Å². The minimum Gasteiger partial charge on any atom is -0.444 e. The highest BCUT2D eigenvalue weighted by molar-refractivity contribution is 5.97. The van der Waals surface area contributed by atoms with Crippen molar-refractivity contribution in [2.75, 3.05) is 49.6 Å². The molecule has 0 aromatic carbocycles. The molecule has 1 N–H and O–H groups in total. The van der Waals surface area contributed by atoms with Crippen LogP contribution in [0.2, 0.25) is 0 Å². The first-order valence-corrected chi connectivity index (χ1v) is 14.7. The predicted octanol–water partition coefficient (Wildman–Crippen LogP) is 4.78. The van der Waals surface area contributed by atoms with Crippen LogP contribution in [0.25, 0.3) is 10.8 Å². The van der Waals surface area contributed by atoms with Crippen molar-refractivity contribution in [1.82, 2.24) is 19.9 Å². The van der Waals surface area contributed by atoms with E-state index in [1.54, 1.807) is 17.2 Å². The third-order valence-corrected chi connectivity index (χ3v) is 8.25. The van der Waals surface area contributed by atoms with Gasteiger partial charge in [-0.05, 0) is 57.7 Å². The Morgan fingerprint density at radius 1 is 1.07 bits per heavy atom. The lowest BCUT2D eigenvalue weighted by atomic mass is 10.0. The lowest BCUT2D eigenvalue weighted by Crippen LogP contribution is -2.36. The molecule has 3 aromatic rings. The molecular weight excluding hydrogens is 570 g/mol. The molecule has 2 amide bonds. The summed E-state index contributed by atoms with van der Waals surface area (Å²) in [5.41, 5.74) is 0.623. The smallest absolute Gasteiger partial charge is 0.410 e. The first-order chi connectivity index (χ1) is 21.0. The fraction of sp³-hybridized carbons (Fsp3) is 0.469. The van der Waals surface area contributed by atoms with Crippen molar-refractivity contribution < 1.29 is 27.8 Å². The van der Waals surface area contributed by atoms with Crippen LogP contribution >= 0.6 is 0 Å². The molecule has 1 saturated carbocycles. The summed E-state index contributed by atoms with van der Waals surface area (Å²) in [7, 11) is 0. The van der Waals surface area contributed by atoms with Crippen LogP contribution in [0.15, 0.2) is 36.8 Å². The number of alkyl halides is 2. The van der Waals surface area contributed by atoms with E-state index in [1.165, 1.54) is 12.4 Å². The number of hydrogen-bond donors (Lipinski definition) is 1. The molecule has 1 aliphatic carbocycles. The summed E-state index contributed by atoms with van der Waals surface area (Å²) < 4.78 is 38.5. The first kappa shape index (κ1) is 29.7. The van der Waals surface area contributed by atoms with Gasteiger partial charge in [-0.25, -0.2) is 23.5 Å². The number of nitrogens with zero attached hydrogens (tertiary/aromatic N) is 5. The number of hydrogen-bond acceptors (Lipinski definition) is 8. The number of fused-ring (bicyclic) bond motifs is 1. The molecular formula is C32H34F2N6O4. The van der Waals surface area contributed by atoms with Crippen molar-refractivity contribution >= 4 is 34.3 Å². The largest absolute Gasteiger partial charge is 0.444 e. The number of aromatic nitrogens is 3. The Labute approximate surface area is 254 Å². The second kappa shape index (κ2) is 11.6. The van der Waals surface area contributed by atoms with Gasteiger partial charge in [0.25, 0.3) is 6.43 Å². The maximum absolute atomic E-state index is 13.8. The molecule has 5 heterocycles. The summed E-state index contributed by atoms with van der Waals surface area (Å²) in [4.78, 5) is 42.2. The van der Waals surface area contributed by atoms with Crippen LogP contribution in [-0.4, -0.2) is 76.8 Å². The number of morpholine rings is 1. The van der Waals surface area contributed by atoms with Gasteiger partial charge < -0.3 is 24.6 Å². The van der Waals surface area contributed by atoms with Gasteiger partial charge in [-0.15, -0.1) is 0 Å². The van der Waals surface area contributed by atoms with E-state index in [4.69, 9.17) is 9.47 Å². The van der Waals surface area contributed by atoms with Crippen LogP contribution in [-0.2, 0) is 14.3 Å². The number of amides is 2. The van der Waals surface area contributed by atoms with Crippen LogP contribution in [0.3, 0.4) is 0 Å². The fourth-order valence-electron chi connectivity index (χ4n) is 5.86. The van der Waals surface area contributed by atoms with Crippen LogP contribution < -0.4 is 10.2 Å². The highest BCUT2D eigenvalue weighted by Crippen LogP contribution is 2.59. The van der Waals surface area contributed by atoms with E-state index in [1.807, 2.05) is 32.9 Å². The standard InChI is InChI=1S/C32H34F2N6O4/c1-31(2,3)44-30(42)40-9-8-32(19-40)15-25(32)29(41)38-26-14-23-20(16-37-27(28(33)34)24(23)18-36-26)4-5-21-6-7-22(17-35-21)39-10-12-43-13-11-39/h6-7,14,16-18,25,28H,8-13,15,19H2,1-3H3,(H,36,38,41). The van der Waals surface area contributed by atoms with Crippen molar-refractivity contribution in [2.24, 2.45) is 11.3 Å². The molecule has 0 radical (unpaired) electrons. The number of nitrogens with one attached hydrogen (secondary N) is 1. The molecule has 3 aliphatic rings. The summed E-state index contributed by atoms with van der Waals surface area (Å²) in [6.07, 6.45) is 2.53. The van der Waals surface area contributed by atoms with Crippen molar-refractivity contribution in [3.8, 4) is 11.8 Å². The zero-order valence-electron chi connectivity index (χ0n) is 24.9. The van der Waals surface area contributed by atoms with Gasteiger partial charge in [-0.2, -0.15) is 0 Å². The Balaban J connectivity index is 1.19. The molecule has 12 heteroatoms. The van der Waals surface area contributed by atoms with Gasteiger partial charge in [0, 0.05) is 60.7 Å². The van der Waals surface area contributed by atoms with E-state index in [-0.39, 0.29) is 34.5 Å². The second-order valence-electron chi connectivity index (χ2n) is 12.5. The topological polar surface area (TPSA) is 110 Å². The Morgan fingerprint density at radius 3 is 2.57 bits per heavy atom.